The SMILES string of the molecule is COc1cc(NNc2ccc(S(=O)(=O)N(CCO)CCO)cc2)c(C)cc1NNc1c(C)cc2cc(C)cc(N)c2c1O. The lowest BCUT2D eigenvalue weighted by Crippen LogP contribution is -2.35. The summed E-state index contributed by atoms with van der Waals surface area (Å²) in [7, 11) is -2.32. The molecule has 4 aromatic rings. The van der Waals surface area contributed by atoms with E-state index in [1.54, 1.807) is 25.3 Å². The van der Waals surface area contributed by atoms with Crippen LogP contribution in [0.5, 0.6) is 11.5 Å². The van der Waals surface area contributed by atoms with Gasteiger partial charge in [-0.05, 0) is 85.3 Å². The molecule has 0 bridgehead atoms. The number of phenolic OH excluding ortho intramolecular Hbond substituents is 1. The van der Waals surface area contributed by atoms with Crippen LogP contribution in [0.15, 0.2) is 59.5 Å². The zero-order valence-corrected chi connectivity index (χ0v) is 25.3. The van der Waals surface area contributed by atoms with Crippen molar-refractivity contribution in [2.24, 2.45) is 0 Å². The van der Waals surface area contributed by atoms with E-state index in [-0.39, 0.29) is 36.9 Å². The van der Waals surface area contributed by atoms with Crippen LogP contribution >= 0.6 is 0 Å². The lowest BCUT2D eigenvalue weighted by molar-refractivity contribution is 0.217. The minimum Gasteiger partial charge on any atom is -0.505 e. The van der Waals surface area contributed by atoms with E-state index in [1.807, 2.05) is 45.0 Å². The predicted molar refractivity (Wildman–Crippen MR) is 171 cm³/mol. The summed E-state index contributed by atoms with van der Waals surface area (Å²) in [4.78, 5) is 0.0474. The maximum atomic E-state index is 12.8. The van der Waals surface area contributed by atoms with E-state index < -0.39 is 10.0 Å². The number of hydrogen-bond donors (Lipinski definition) is 8. The Balaban J connectivity index is 1.48. The molecule has 0 aliphatic carbocycles. The van der Waals surface area contributed by atoms with Gasteiger partial charge in [0.15, 0.2) is 5.75 Å². The molecular weight excluding hydrogens is 572 g/mol. The topological polar surface area (TPSA) is 181 Å². The number of phenols is 1. The number of nitrogen functional groups attached to an aromatic ring is 1. The van der Waals surface area contributed by atoms with E-state index in [4.69, 9.17) is 10.5 Å². The first-order valence-corrected chi connectivity index (χ1v) is 15.0. The quantitative estimate of drug-likeness (QED) is 0.0624. The van der Waals surface area contributed by atoms with E-state index in [0.29, 0.717) is 39.6 Å². The van der Waals surface area contributed by atoms with Gasteiger partial charge in [-0.2, -0.15) is 4.31 Å². The fourth-order valence-corrected chi connectivity index (χ4v) is 6.22. The number of aliphatic hydroxyl groups excluding tert-OH is 2. The number of benzene rings is 4. The summed E-state index contributed by atoms with van der Waals surface area (Å²) in [5, 5.41) is 30.8. The number of anilines is 5. The van der Waals surface area contributed by atoms with Crippen LogP contribution in [0.2, 0.25) is 0 Å². The normalized spacial score (nSPS) is 11.5. The van der Waals surface area contributed by atoms with Gasteiger partial charge >= 0.3 is 0 Å². The van der Waals surface area contributed by atoms with E-state index >= 15 is 0 Å². The number of methoxy groups -OCH3 is 1. The molecule has 12 nitrogen and oxygen atoms in total. The van der Waals surface area contributed by atoms with Crippen LogP contribution in [-0.4, -0.2) is 61.5 Å². The molecule has 13 heteroatoms. The number of nitrogens with zero attached hydrogens (tertiary/aromatic N) is 1. The second-order valence-corrected chi connectivity index (χ2v) is 12.1. The Morgan fingerprint density at radius 2 is 1.49 bits per heavy atom. The summed E-state index contributed by atoms with van der Waals surface area (Å²) in [5.41, 5.74) is 24.2. The number of nitrogens with two attached hydrogens (primary N) is 1. The Labute approximate surface area is 251 Å². The van der Waals surface area contributed by atoms with Crippen molar-refractivity contribution in [3.05, 3.63) is 71.3 Å². The molecule has 0 saturated heterocycles. The van der Waals surface area contributed by atoms with Crippen molar-refractivity contribution in [1.82, 2.24) is 4.31 Å². The number of hydrogen-bond acceptors (Lipinski definition) is 11. The molecular formula is C30H38N6O6S. The summed E-state index contributed by atoms with van der Waals surface area (Å²) < 4.78 is 32.3. The zero-order valence-electron chi connectivity index (χ0n) is 24.5. The van der Waals surface area contributed by atoms with Gasteiger partial charge in [0, 0.05) is 30.2 Å². The first kappa shape index (κ1) is 31.5. The summed E-state index contributed by atoms with van der Waals surface area (Å²) in [6.45, 7) is 4.84. The largest absolute Gasteiger partial charge is 0.505 e. The molecule has 0 spiro atoms. The van der Waals surface area contributed by atoms with Crippen LogP contribution in [0.25, 0.3) is 10.8 Å². The van der Waals surface area contributed by atoms with Gasteiger partial charge in [-0.3, -0.25) is 10.9 Å². The highest BCUT2D eigenvalue weighted by Crippen LogP contribution is 2.40. The molecule has 4 rings (SSSR count). The van der Waals surface area contributed by atoms with Gasteiger partial charge in [-0.1, -0.05) is 6.07 Å². The van der Waals surface area contributed by atoms with Crippen LogP contribution in [0.3, 0.4) is 0 Å². The van der Waals surface area contributed by atoms with Crippen molar-refractivity contribution in [1.29, 1.82) is 0 Å². The molecule has 0 saturated carbocycles. The average molecular weight is 611 g/mol. The minimum absolute atomic E-state index is 0.0474. The number of sulfonamides is 1. The van der Waals surface area contributed by atoms with Crippen LogP contribution in [0.4, 0.5) is 28.4 Å². The third-order valence-corrected chi connectivity index (χ3v) is 8.90. The maximum absolute atomic E-state index is 12.8. The number of aromatic hydroxyl groups is 1. The van der Waals surface area contributed by atoms with E-state index in [2.05, 4.69) is 21.7 Å². The number of fused-ring (bicyclic) bond motifs is 1. The van der Waals surface area contributed by atoms with Crippen molar-refractivity contribution in [3.8, 4) is 11.5 Å². The van der Waals surface area contributed by atoms with Crippen molar-refractivity contribution in [2.45, 2.75) is 25.7 Å². The van der Waals surface area contributed by atoms with Gasteiger partial charge in [0.2, 0.25) is 10.0 Å². The number of aryl methyl sites for hydroxylation is 3. The molecule has 0 atom stereocenters. The van der Waals surface area contributed by atoms with Gasteiger partial charge < -0.3 is 36.6 Å². The Morgan fingerprint density at radius 3 is 2.12 bits per heavy atom. The molecule has 0 unspecified atom stereocenters. The smallest absolute Gasteiger partial charge is 0.243 e. The number of ether oxygens (including phenoxy) is 1. The molecule has 43 heavy (non-hydrogen) atoms. The lowest BCUT2D eigenvalue weighted by atomic mass is 10.0. The Morgan fingerprint density at radius 1 is 0.837 bits per heavy atom. The average Bonchev–Trinajstić information content (AvgIpc) is 2.96. The van der Waals surface area contributed by atoms with E-state index in [0.717, 1.165) is 26.4 Å². The standard InChI is InChI=1S/C30H38N6O6S/c1-18-13-21-15-20(3)29(30(39)28(21)24(31)14-18)35-34-26-16-19(2)25(17-27(26)42-4)33-32-22-5-7-23(8-6-22)43(40,41)36(9-11-37)10-12-38/h5-8,13-17,32-35,37-39H,9-12,31H2,1-4H3. The molecule has 0 amide bonds. The molecule has 0 radical (unpaired) electrons. The summed E-state index contributed by atoms with van der Waals surface area (Å²) in [6, 6.07) is 15.5. The molecule has 9 N–H and O–H groups in total. The summed E-state index contributed by atoms with van der Waals surface area (Å²) in [5.74, 6) is 0.566. The van der Waals surface area contributed by atoms with Crippen LogP contribution in [0.1, 0.15) is 16.7 Å². The molecule has 230 valence electrons. The molecule has 0 aliphatic heterocycles. The number of nitrogens with one attached hydrogen (secondary N) is 4. The summed E-state index contributed by atoms with van der Waals surface area (Å²) in [6.07, 6.45) is 0. The maximum Gasteiger partial charge on any atom is 0.243 e. The van der Waals surface area contributed by atoms with Crippen molar-refractivity contribution >= 4 is 49.2 Å². The molecule has 0 heterocycles. The first-order chi connectivity index (χ1) is 20.5. The van der Waals surface area contributed by atoms with Crippen molar-refractivity contribution < 1.29 is 28.5 Å². The van der Waals surface area contributed by atoms with Crippen LogP contribution in [0, 0.1) is 20.8 Å². The van der Waals surface area contributed by atoms with E-state index in [9.17, 15) is 23.7 Å². The van der Waals surface area contributed by atoms with Gasteiger partial charge in [0.05, 0.1) is 48.0 Å². The number of hydrazine groups is 2. The van der Waals surface area contributed by atoms with Gasteiger partial charge in [0.1, 0.15) is 5.75 Å². The number of rotatable bonds is 13. The molecule has 0 aromatic heterocycles. The lowest BCUT2D eigenvalue weighted by Gasteiger charge is -2.21. The number of aliphatic hydroxyl groups is 2. The molecule has 4 aromatic carbocycles. The van der Waals surface area contributed by atoms with Gasteiger partial charge in [-0.25, -0.2) is 8.42 Å². The van der Waals surface area contributed by atoms with Crippen molar-refractivity contribution in [3.63, 3.8) is 0 Å². The van der Waals surface area contributed by atoms with Crippen LogP contribution < -0.4 is 32.2 Å². The molecule has 0 fully saturated rings. The van der Waals surface area contributed by atoms with Crippen LogP contribution in [-0.2, 0) is 10.0 Å². The van der Waals surface area contributed by atoms with Crippen molar-refractivity contribution in [2.75, 3.05) is 60.8 Å². The molecule has 0 aliphatic rings. The second kappa shape index (κ2) is 13.3. The Hall–Kier alpha value is -4.43. The van der Waals surface area contributed by atoms with Gasteiger partial charge in [-0.15, -0.1) is 0 Å². The van der Waals surface area contributed by atoms with E-state index in [1.165, 1.54) is 12.1 Å². The highest BCUT2D eigenvalue weighted by molar-refractivity contribution is 7.89. The highest BCUT2D eigenvalue weighted by Gasteiger charge is 2.23. The predicted octanol–water partition coefficient (Wildman–Crippen LogP) is 3.91. The summed E-state index contributed by atoms with van der Waals surface area (Å²) >= 11 is 0. The zero-order chi connectivity index (χ0) is 31.3. The Kier molecular flexibility index (Phi) is 9.71. The third kappa shape index (κ3) is 6.81. The van der Waals surface area contributed by atoms with Gasteiger partial charge in [0.25, 0.3) is 0 Å². The second-order valence-electron chi connectivity index (χ2n) is 10.1. The fourth-order valence-electron chi connectivity index (χ4n) is 4.80. The minimum atomic E-state index is -3.86. The fraction of sp³-hybridized carbons (Fsp3) is 0.267. The first-order valence-electron chi connectivity index (χ1n) is 13.6. The third-order valence-electron chi connectivity index (χ3n) is 6.98. The Bertz CT molecular complexity index is 1710. The highest BCUT2D eigenvalue weighted by atomic mass is 32.2. The monoisotopic (exact) mass is 610 g/mol.